The molecule has 1 heterocycles. The summed E-state index contributed by atoms with van der Waals surface area (Å²) in [5, 5.41) is 14.6. The molecule has 1 unspecified atom stereocenters. The third kappa shape index (κ3) is 4.37. The third-order valence-corrected chi connectivity index (χ3v) is 3.29. The van der Waals surface area contributed by atoms with Gasteiger partial charge in [0, 0.05) is 20.1 Å². The smallest absolute Gasteiger partial charge is 0.138 e. The van der Waals surface area contributed by atoms with Crippen molar-refractivity contribution in [3.63, 3.8) is 0 Å². The van der Waals surface area contributed by atoms with E-state index in [1.807, 2.05) is 28.9 Å². The van der Waals surface area contributed by atoms with Crippen LogP contribution in [0.3, 0.4) is 0 Å². The van der Waals surface area contributed by atoms with Gasteiger partial charge in [-0.3, -0.25) is 0 Å². The van der Waals surface area contributed by atoms with Crippen LogP contribution in [-0.2, 0) is 24.3 Å². The molecule has 0 saturated heterocycles. The van der Waals surface area contributed by atoms with Crippen LogP contribution >= 0.6 is 0 Å². The minimum atomic E-state index is -0.572. The minimum absolute atomic E-state index is 0.469. The van der Waals surface area contributed by atoms with Crippen LogP contribution in [0, 0.1) is 5.92 Å². The third-order valence-electron chi connectivity index (χ3n) is 3.29. The second-order valence-corrected chi connectivity index (χ2v) is 5.65. The molecule has 1 atom stereocenters. The van der Waals surface area contributed by atoms with Crippen molar-refractivity contribution in [2.75, 3.05) is 7.11 Å². The van der Waals surface area contributed by atoms with Crippen LogP contribution in [0.1, 0.15) is 36.9 Å². The first-order chi connectivity index (χ1) is 10.1. The zero-order valence-corrected chi connectivity index (χ0v) is 12.9. The number of aliphatic hydroxyl groups is 1. The van der Waals surface area contributed by atoms with Gasteiger partial charge in [0.15, 0.2) is 0 Å². The van der Waals surface area contributed by atoms with E-state index in [0.29, 0.717) is 18.9 Å². The van der Waals surface area contributed by atoms with E-state index in [1.54, 1.807) is 13.4 Å². The van der Waals surface area contributed by atoms with Crippen LogP contribution in [0.5, 0.6) is 0 Å². The van der Waals surface area contributed by atoms with E-state index < -0.39 is 6.10 Å². The summed E-state index contributed by atoms with van der Waals surface area (Å²) in [5.41, 5.74) is 1.98. The molecule has 0 aliphatic carbocycles. The molecule has 2 aromatic rings. The first kappa shape index (κ1) is 15.7. The first-order valence-corrected chi connectivity index (χ1v) is 7.22. The van der Waals surface area contributed by atoms with Gasteiger partial charge in [-0.1, -0.05) is 38.1 Å². The molecule has 1 aromatic carbocycles. The second kappa shape index (κ2) is 7.33. The highest BCUT2D eigenvalue weighted by molar-refractivity contribution is 5.24. The van der Waals surface area contributed by atoms with Gasteiger partial charge < -0.3 is 9.84 Å². The molecule has 0 aliphatic heterocycles. The highest BCUT2D eigenvalue weighted by Gasteiger charge is 2.14. The fourth-order valence-electron chi connectivity index (χ4n) is 2.24. The molecule has 5 heteroatoms. The van der Waals surface area contributed by atoms with E-state index in [0.717, 1.165) is 23.5 Å². The Kier molecular flexibility index (Phi) is 5.47. The molecule has 0 radical (unpaired) electrons. The Morgan fingerprint density at radius 1 is 1.24 bits per heavy atom. The normalized spacial score (nSPS) is 12.8. The Morgan fingerprint density at radius 3 is 2.57 bits per heavy atom. The monoisotopic (exact) mass is 289 g/mol. The Morgan fingerprint density at radius 2 is 1.95 bits per heavy atom. The molecule has 5 nitrogen and oxygen atoms in total. The maximum absolute atomic E-state index is 10.4. The Balaban J connectivity index is 2.03. The molecule has 21 heavy (non-hydrogen) atoms. The summed E-state index contributed by atoms with van der Waals surface area (Å²) in [6.45, 7) is 5.67. The van der Waals surface area contributed by atoms with E-state index in [9.17, 15) is 5.11 Å². The van der Waals surface area contributed by atoms with Gasteiger partial charge in [-0.2, -0.15) is 5.10 Å². The maximum Gasteiger partial charge on any atom is 0.138 e. The summed E-state index contributed by atoms with van der Waals surface area (Å²) < 4.78 is 6.95. The molecule has 0 fully saturated rings. The number of aromatic nitrogens is 3. The standard InChI is InChI=1S/C16H23N3O2/c1-12(2)9-19-16(17-11-18-19)8-15(20)14-6-4-13(5-7-14)10-21-3/h4-7,11-12,15,20H,8-10H2,1-3H3. The molecule has 0 aliphatic rings. The Hall–Kier alpha value is -1.72. The van der Waals surface area contributed by atoms with E-state index in [-0.39, 0.29) is 0 Å². The van der Waals surface area contributed by atoms with E-state index in [1.165, 1.54) is 0 Å². The lowest BCUT2D eigenvalue weighted by atomic mass is 10.0. The topological polar surface area (TPSA) is 60.2 Å². The molecule has 0 saturated carbocycles. The van der Waals surface area contributed by atoms with Crippen molar-refractivity contribution in [3.05, 3.63) is 47.5 Å². The molecule has 0 spiro atoms. The first-order valence-electron chi connectivity index (χ1n) is 7.22. The average molecular weight is 289 g/mol. The van der Waals surface area contributed by atoms with Gasteiger partial charge in [-0.25, -0.2) is 9.67 Å². The summed E-state index contributed by atoms with van der Waals surface area (Å²) in [6, 6.07) is 7.81. The van der Waals surface area contributed by atoms with Gasteiger partial charge in [0.05, 0.1) is 12.7 Å². The van der Waals surface area contributed by atoms with Crippen molar-refractivity contribution in [1.29, 1.82) is 0 Å². The molecule has 1 aromatic heterocycles. The van der Waals surface area contributed by atoms with Crippen molar-refractivity contribution in [1.82, 2.24) is 14.8 Å². The van der Waals surface area contributed by atoms with Crippen LogP contribution in [-0.4, -0.2) is 27.0 Å². The zero-order valence-electron chi connectivity index (χ0n) is 12.9. The van der Waals surface area contributed by atoms with E-state index >= 15 is 0 Å². The van der Waals surface area contributed by atoms with Crippen LogP contribution in [0.4, 0.5) is 0 Å². The van der Waals surface area contributed by atoms with Gasteiger partial charge in [-0.15, -0.1) is 0 Å². The van der Waals surface area contributed by atoms with Gasteiger partial charge in [0.2, 0.25) is 0 Å². The number of rotatable bonds is 7. The molecular formula is C16H23N3O2. The van der Waals surface area contributed by atoms with E-state index in [2.05, 4.69) is 23.9 Å². The highest BCUT2D eigenvalue weighted by Crippen LogP contribution is 2.18. The van der Waals surface area contributed by atoms with Crippen LogP contribution in [0.2, 0.25) is 0 Å². The SMILES string of the molecule is COCc1ccc(C(O)Cc2ncnn2CC(C)C)cc1. The van der Waals surface area contributed by atoms with Crippen molar-refractivity contribution in [2.45, 2.75) is 39.5 Å². The summed E-state index contributed by atoms with van der Waals surface area (Å²) in [7, 11) is 1.67. The number of aliphatic hydroxyl groups excluding tert-OH is 1. The highest BCUT2D eigenvalue weighted by atomic mass is 16.5. The Labute approximate surface area is 125 Å². The largest absolute Gasteiger partial charge is 0.388 e. The summed E-state index contributed by atoms with van der Waals surface area (Å²) in [6.07, 6.45) is 1.44. The summed E-state index contributed by atoms with van der Waals surface area (Å²) in [4.78, 5) is 4.25. The average Bonchev–Trinajstić information content (AvgIpc) is 2.86. The van der Waals surface area contributed by atoms with Gasteiger partial charge >= 0.3 is 0 Å². The number of hydrogen-bond donors (Lipinski definition) is 1. The van der Waals surface area contributed by atoms with Crippen molar-refractivity contribution in [3.8, 4) is 0 Å². The summed E-state index contributed by atoms with van der Waals surface area (Å²) in [5.74, 6) is 1.31. The Bertz CT molecular complexity index is 549. The summed E-state index contributed by atoms with van der Waals surface area (Å²) >= 11 is 0. The molecule has 0 amide bonds. The van der Waals surface area contributed by atoms with Gasteiger partial charge in [0.25, 0.3) is 0 Å². The molecule has 1 N–H and O–H groups in total. The van der Waals surface area contributed by atoms with E-state index in [4.69, 9.17) is 4.74 Å². The van der Waals surface area contributed by atoms with Crippen molar-refractivity contribution < 1.29 is 9.84 Å². The lowest BCUT2D eigenvalue weighted by molar-refractivity contribution is 0.172. The maximum atomic E-state index is 10.4. The predicted molar refractivity (Wildman–Crippen MR) is 80.7 cm³/mol. The van der Waals surface area contributed by atoms with Crippen LogP contribution in [0.15, 0.2) is 30.6 Å². The number of methoxy groups -OCH3 is 1. The number of hydrogen-bond acceptors (Lipinski definition) is 4. The molecule has 2 rings (SSSR count). The quantitative estimate of drug-likeness (QED) is 0.850. The minimum Gasteiger partial charge on any atom is -0.388 e. The fourth-order valence-corrected chi connectivity index (χ4v) is 2.24. The lowest BCUT2D eigenvalue weighted by Crippen LogP contribution is -2.13. The van der Waals surface area contributed by atoms with Crippen molar-refractivity contribution >= 4 is 0 Å². The zero-order chi connectivity index (χ0) is 15.2. The van der Waals surface area contributed by atoms with Crippen molar-refractivity contribution in [2.24, 2.45) is 5.92 Å². The number of ether oxygens (including phenoxy) is 1. The lowest BCUT2D eigenvalue weighted by Gasteiger charge is -2.13. The molecular weight excluding hydrogens is 266 g/mol. The number of benzene rings is 1. The van der Waals surface area contributed by atoms with Gasteiger partial charge in [-0.05, 0) is 17.0 Å². The number of nitrogens with zero attached hydrogens (tertiary/aromatic N) is 3. The fraction of sp³-hybridized carbons (Fsp3) is 0.500. The van der Waals surface area contributed by atoms with Crippen LogP contribution < -0.4 is 0 Å². The second-order valence-electron chi connectivity index (χ2n) is 5.65. The molecule has 114 valence electrons. The molecule has 0 bridgehead atoms. The van der Waals surface area contributed by atoms with Crippen LogP contribution in [0.25, 0.3) is 0 Å². The predicted octanol–water partition coefficient (Wildman–Crippen LogP) is 2.36. The van der Waals surface area contributed by atoms with Gasteiger partial charge in [0.1, 0.15) is 12.2 Å².